The Morgan fingerprint density at radius 3 is 3.10 bits per heavy atom. The van der Waals surface area contributed by atoms with E-state index in [1.165, 1.54) is 4.88 Å². The highest BCUT2D eigenvalue weighted by Crippen LogP contribution is 2.30. The van der Waals surface area contributed by atoms with E-state index in [1.807, 2.05) is 18.2 Å². The lowest BCUT2D eigenvalue weighted by atomic mass is 10.1. The summed E-state index contributed by atoms with van der Waals surface area (Å²) in [5.41, 5.74) is 1.79. The van der Waals surface area contributed by atoms with Crippen LogP contribution in [-0.2, 0) is 13.0 Å². The number of thiophene rings is 1. The fraction of sp³-hybridized carbons (Fsp3) is 0.214. The maximum Gasteiger partial charge on any atom is 0.260 e. The summed E-state index contributed by atoms with van der Waals surface area (Å²) in [6.07, 6.45) is 2.59. The van der Waals surface area contributed by atoms with E-state index in [9.17, 15) is 4.79 Å². The lowest BCUT2D eigenvalue weighted by molar-refractivity contribution is 0.657. The Morgan fingerprint density at radius 2 is 2.25 bits per heavy atom. The van der Waals surface area contributed by atoms with Crippen molar-refractivity contribution >= 4 is 21.6 Å². The van der Waals surface area contributed by atoms with Gasteiger partial charge in [-0.1, -0.05) is 6.07 Å². The molecule has 0 unspecified atom stereocenters. The number of nitrogens with one attached hydrogen (secondary N) is 2. The number of fused-ring (bicyclic) bond motifs is 3. The molecule has 0 bridgehead atoms. The van der Waals surface area contributed by atoms with E-state index < -0.39 is 0 Å². The van der Waals surface area contributed by atoms with Crippen molar-refractivity contribution in [1.29, 1.82) is 0 Å². The summed E-state index contributed by atoms with van der Waals surface area (Å²) in [4.78, 5) is 26.1. The van der Waals surface area contributed by atoms with Crippen LogP contribution in [0.1, 0.15) is 10.4 Å². The van der Waals surface area contributed by atoms with Crippen LogP contribution in [0.5, 0.6) is 0 Å². The molecule has 5 nitrogen and oxygen atoms in total. The van der Waals surface area contributed by atoms with Gasteiger partial charge < -0.3 is 10.3 Å². The van der Waals surface area contributed by atoms with Crippen molar-refractivity contribution in [3.8, 4) is 11.5 Å². The molecular formula is C14H12N4OS. The van der Waals surface area contributed by atoms with Gasteiger partial charge in [-0.15, -0.1) is 11.3 Å². The van der Waals surface area contributed by atoms with E-state index >= 15 is 0 Å². The molecule has 1 aliphatic heterocycles. The Hall–Kier alpha value is -2.05. The quantitative estimate of drug-likeness (QED) is 0.713. The van der Waals surface area contributed by atoms with E-state index in [-0.39, 0.29) is 5.56 Å². The van der Waals surface area contributed by atoms with Crippen molar-refractivity contribution in [1.82, 2.24) is 20.3 Å². The Balaban J connectivity index is 1.97. The highest BCUT2D eigenvalue weighted by atomic mass is 32.1. The monoisotopic (exact) mass is 284 g/mol. The number of hydrogen-bond donors (Lipinski definition) is 2. The van der Waals surface area contributed by atoms with Gasteiger partial charge in [0.15, 0.2) is 5.82 Å². The van der Waals surface area contributed by atoms with Crippen molar-refractivity contribution < 1.29 is 0 Å². The second kappa shape index (κ2) is 4.50. The van der Waals surface area contributed by atoms with E-state index in [0.29, 0.717) is 11.5 Å². The van der Waals surface area contributed by atoms with Crippen LogP contribution in [0.2, 0.25) is 0 Å². The van der Waals surface area contributed by atoms with Gasteiger partial charge in [0.25, 0.3) is 5.56 Å². The van der Waals surface area contributed by atoms with Gasteiger partial charge in [0.1, 0.15) is 10.5 Å². The summed E-state index contributed by atoms with van der Waals surface area (Å²) < 4.78 is 0. The van der Waals surface area contributed by atoms with Crippen LogP contribution in [0.4, 0.5) is 0 Å². The third kappa shape index (κ3) is 1.76. The smallest absolute Gasteiger partial charge is 0.260 e. The summed E-state index contributed by atoms with van der Waals surface area (Å²) in [5, 5.41) is 4.08. The van der Waals surface area contributed by atoms with Gasteiger partial charge in [-0.2, -0.15) is 0 Å². The normalized spacial score (nSPS) is 14.4. The van der Waals surface area contributed by atoms with Crippen molar-refractivity contribution in [2.75, 3.05) is 6.54 Å². The number of aromatic amines is 1. The van der Waals surface area contributed by atoms with Crippen LogP contribution >= 0.6 is 11.3 Å². The van der Waals surface area contributed by atoms with E-state index in [4.69, 9.17) is 0 Å². The number of nitrogens with zero attached hydrogens (tertiary/aromatic N) is 2. The molecule has 1 aliphatic rings. The Kier molecular flexibility index (Phi) is 2.64. The predicted molar refractivity (Wildman–Crippen MR) is 78.9 cm³/mol. The lowest BCUT2D eigenvalue weighted by Gasteiger charge is -2.11. The van der Waals surface area contributed by atoms with E-state index in [0.717, 1.165) is 35.3 Å². The average Bonchev–Trinajstić information content (AvgIpc) is 2.87. The molecular weight excluding hydrogens is 272 g/mol. The molecule has 3 aromatic rings. The number of aromatic nitrogens is 3. The summed E-state index contributed by atoms with van der Waals surface area (Å²) >= 11 is 1.60. The summed E-state index contributed by atoms with van der Waals surface area (Å²) in [5.74, 6) is 0.537. The lowest BCUT2D eigenvalue weighted by Crippen LogP contribution is -2.23. The minimum absolute atomic E-state index is 0.0601. The molecule has 0 amide bonds. The Bertz CT molecular complexity index is 837. The van der Waals surface area contributed by atoms with Gasteiger partial charge in [-0.05, 0) is 30.7 Å². The molecule has 20 heavy (non-hydrogen) atoms. The predicted octanol–water partition coefficient (Wildman–Crippen LogP) is 1.69. The van der Waals surface area contributed by atoms with Crippen molar-refractivity contribution in [2.45, 2.75) is 13.0 Å². The molecule has 0 saturated heterocycles. The second-order valence-corrected chi connectivity index (χ2v) is 5.82. The molecule has 0 saturated carbocycles. The van der Waals surface area contributed by atoms with Gasteiger partial charge >= 0.3 is 0 Å². The molecule has 0 radical (unpaired) electrons. The van der Waals surface area contributed by atoms with Gasteiger partial charge in [0, 0.05) is 17.6 Å². The van der Waals surface area contributed by atoms with Gasteiger partial charge in [0.2, 0.25) is 0 Å². The zero-order valence-corrected chi connectivity index (χ0v) is 11.5. The van der Waals surface area contributed by atoms with Crippen LogP contribution in [0.15, 0.2) is 29.2 Å². The van der Waals surface area contributed by atoms with Gasteiger partial charge in [-0.3, -0.25) is 9.78 Å². The first kappa shape index (κ1) is 11.7. The van der Waals surface area contributed by atoms with E-state index in [2.05, 4.69) is 20.3 Å². The minimum Gasteiger partial charge on any atom is -0.312 e. The topological polar surface area (TPSA) is 70.7 Å². The fourth-order valence-electron chi connectivity index (χ4n) is 2.56. The van der Waals surface area contributed by atoms with E-state index in [1.54, 1.807) is 17.5 Å². The molecule has 0 atom stereocenters. The van der Waals surface area contributed by atoms with Crippen LogP contribution in [0.25, 0.3) is 21.7 Å². The molecule has 2 N–H and O–H groups in total. The minimum atomic E-state index is -0.0601. The van der Waals surface area contributed by atoms with Crippen LogP contribution in [0.3, 0.4) is 0 Å². The molecule has 6 heteroatoms. The molecule has 4 heterocycles. The SMILES string of the molecule is O=c1[nH]c(-c2ccccn2)nc2sc3c(c12)CCNC3. The molecule has 3 aromatic heterocycles. The van der Waals surface area contributed by atoms with Gasteiger partial charge in [-0.25, -0.2) is 4.98 Å². The highest BCUT2D eigenvalue weighted by Gasteiger charge is 2.19. The summed E-state index contributed by atoms with van der Waals surface area (Å²) in [6, 6.07) is 5.57. The number of rotatable bonds is 1. The maximum atomic E-state index is 12.4. The largest absolute Gasteiger partial charge is 0.312 e. The molecule has 4 rings (SSSR count). The molecule has 0 spiro atoms. The highest BCUT2D eigenvalue weighted by molar-refractivity contribution is 7.18. The Morgan fingerprint density at radius 1 is 1.30 bits per heavy atom. The van der Waals surface area contributed by atoms with Crippen LogP contribution in [0, 0.1) is 0 Å². The molecule has 0 fully saturated rings. The summed E-state index contributed by atoms with van der Waals surface area (Å²) in [6.45, 7) is 1.75. The first-order valence-corrected chi connectivity index (χ1v) is 7.31. The molecule has 0 aliphatic carbocycles. The first-order chi connectivity index (χ1) is 9.83. The molecule has 100 valence electrons. The second-order valence-electron chi connectivity index (χ2n) is 4.74. The van der Waals surface area contributed by atoms with Crippen molar-refractivity contribution in [3.05, 3.63) is 45.2 Å². The standard InChI is InChI=1S/C14H12N4OS/c19-13-11-8-4-6-15-7-10(8)20-14(11)18-12(17-13)9-3-1-2-5-16-9/h1-3,5,15H,4,6-7H2,(H,17,18,19). The number of H-pyrrole nitrogens is 1. The third-order valence-corrected chi connectivity index (χ3v) is 4.62. The fourth-order valence-corrected chi connectivity index (χ4v) is 3.75. The third-order valence-electron chi connectivity index (χ3n) is 3.49. The zero-order valence-electron chi connectivity index (χ0n) is 10.6. The number of pyridine rings is 1. The Labute approximate surface area is 118 Å². The van der Waals surface area contributed by atoms with Gasteiger partial charge in [0.05, 0.1) is 5.39 Å². The molecule has 0 aromatic carbocycles. The first-order valence-electron chi connectivity index (χ1n) is 6.49. The maximum absolute atomic E-state index is 12.4. The van der Waals surface area contributed by atoms with Crippen molar-refractivity contribution in [2.24, 2.45) is 0 Å². The summed E-state index contributed by atoms with van der Waals surface area (Å²) in [7, 11) is 0. The average molecular weight is 284 g/mol. The number of hydrogen-bond acceptors (Lipinski definition) is 5. The van der Waals surface area contributed by atoms with Crippen LogP contribution in [-0.4, -0.2) is 21.5 Å². The van der Waals surface area contributed by atoms with Crippen LogP contribution < -0.4 is 10.9 Å². The zero-order chi connectivity index (χ0) is 13.5. The van der Waals surface area contributed by atoms with Crippen molar-refractivity contribution in [3.63, 3.8) is 0 Å².